The number of hydrogen-bond acceptors (Lipinski definition) is 3. The maximum atomic E-state index is 5.89. The number of halogens is 1. The van der Waals surface area contributed by atoms with Crippen molar-refractivity contribution in [3.05, 3.63) is 47.4 Å². The van der Waals surface area contributed by atoms with Crippen molar-refractivity contribution in [2.45, 2.75) is 19.8 Å². The summed E-state index contributed by atoms with van der Waals surface area (Å²) in [5, 5.41) is 0.335. The lowest BCUT2D eigenvalue weighted by molar-refractivity contribution is 0.460. The van der Waals surface area contributed by atoms with Crippen LogP contribution in [0.1, 0.15) is 25.3 Å². The molecule has 0 aliphatic heterocycles. The second kappa shape index (κ2) is 5.15. The molecular formula is C13H13ClN2O. The molecule has 4 heteroatoms. The van der Waals surface area contributed by atoms with E-state index in [4.69, 9.17) is 16.3 Å². The van der Waals surface area contributed by atoms with Gasteiger partial charge in [0.1, 0.15) is 0 Å². The second-order valence-corrected chi connectivity index (χ2v) is 4.34. The molecular weight excluding hydrogens is 236 g/mol. The molecule has 0 amide bonds. The van der Waals surface area contributed by atoms with Crippen LogP contribution in [0.2, 0.25) is 5.15 Å². The lowest BCUT2D eigenvalue weighted by Gasteiger charge is -2.07. The normalized spacial score (nSPS) is 10.6. The van der Waals surface area contributed by atoms with Crippen LogP contribution in [0.25, 0.3) is 0 Å². The molecule has 0 saturated carbocycles. The van der Waals surface area contributed by atoms with Crippen molar-refractivity contribution in [3.8, 4) is 11.6 Å². The molecule has 0 saturated heterocycles. The number of aromatic nitrogens is 2. The van der Waals surface area contributed by atoms with E-state index in [1.807, 2.05) is 18.3 Å². The first-order valence-electron chi connectivity index (χ1n) is 5.41. The molecule has 0 N–H and O–H groups in total. The third-order valence-electron chi connectivity index (χ3n) is 2.37. The van der Waals surface area contributed by atoms with Crippen LogP contribution in [0, 0.1) is 0 Å². The molecule has 0 atom stereocenters. The van der Waals surface area contributed by atoms with E-state index in [0.29, 0.717) is 22.7 Å². The van der Waals surface area contributed by atoms with Gasteiger partial charge < -0.3 is 4.74 Å². The van der Waals surface area contributed by atoms with Crippen molar-refractivity contribution in [3.63, 3.8) is 0 Å². The van der Waals surface area contributed by atoms with Crippen molar-refractivity contribution in [1.82, 2.24) is 9.97 Å². The van der Waals surface area contributed by atoms with Crippen LogP contribution in [0.15, 0.2) is 36.7 Å². The molecule has 0 spiro atoms. The van der Waals surface area contributed by atoms with Crippen molar-refractivity contribution >= 4 is 11.6 Å². The minimum Gasteiger partial charge on any atom is -0.436 e. The molecule has 2 aromatic heterocycles. The lowest BCUT2D eigenvalue weighted by Crippen LogP contribution is -1.92. The summed E-state index contributed by atoms with van der Waals surface area (Å²) in [6, 6.07) is 7.35. The Labute approximate surface area is 105 Å². The predicted molar refractivity (Wildman–Crippen MR) is 67.6 cm³/mol. The Hall–Kier alpha value is -1.61. The molecule has 2 heterocycles. The summed E-state index contributed by atoms with van der Waals surface area (Å²) in [6.45, 7) is 4.24. The standard InChI is InChI=1S/C13H13ClN2O/c1-9(2)10-5-6-12(16-8-10)17-11-4-3-7-15-13(11)14/h3-9H,1-2H3. The Morgan fingerprint density at radius 1 is 1.18 bits per heavy atom. The van der Waals surface area contributed by atoms with Gasteiger partial charge in [-0.2, -0.15) is 0 Å². The first kappa shape index (κ1) is 11.9. The largest absolute Gasteiger partial charge is 0.436 e. The molecule has 2 aromatic rings. The van der Waals surface area contributed by atoms with Gasteiger partial charge >= 0.3 is 0 Å². The third kappa shape index (κ3) is 2.94. The van der Waals surface area contributed by atoms with Crippen molar-refractivity contribution < 1.29 is 4.74 Å². The predicted octanol–water partition coefficient (Wildman–Crippen LogP) is 4.05. The van der Waals surface area contributed by atoms with Gasteiger partial charge in [0.15, 0.2) is 10.9 Å². The molecule has 0 fully saturated rings. The first-order chi connectivity index (χ1) is 8.16. The molecule has 0 bridgehead atoms. The zero-order valence-corrected chi connectivity index (χ0v) is 10.5. The van der Waals surface area contributed by atoms with E-state index in [9.17, 15) is 0 Å². The molecule has 0 aliphatic carbocycles. The van der Waals surface area contributed by atoms with Gasteiger partial charge in [-0.3, -0.25) is 0 Å². The molecule has 88 valence electrons. The molecule has 0 unspecified atom stereocenters. The Morgan fingerprint density at radius 2 is 2.00 bits per heavy atom. The number of nitrogens with zero attached hydrogens (tertiary/aromatic N) is 2. The lowest BCUT2D eigenvalue weighted by atomic mass is 10.1. The van der Waals surface area contributed by atoms with E-state index in [2.05, 4.69) is 23.8 Å². The monoisotopic (exact) mass is 248 g/mol. The van der Waals surface area contributed by atoms with Crippen LogP contribution in [0.4, 0.5) is 0 Å². The van der Waals surface area contributed by atoms with E-state index < -0.39 is 0 Å². The SMILES string of the molecule is CC(C)c1ccc(Oc2cccnc2Cl)nc1. The summed E-state index contributed by atoms with van der Waals surface area (Å²) in [5.41, 5.74) is 1.18. The summed E-state index contributed by atoms with van der Waals surface area (Å²) in [4.78, 5) is 8.16. The highest BCUT2D eigenvalue weighted by Crippen LogP contribution is 2.26. The van der Waals surface area contributed by atoms with Gasteiger partial charge in [0.2, 0.25) is 5.88 Å². The van der Waals surface area contributed by atoms with Gasteiger partial charge in [-0.15, -0.1) is 0 Å². The Balaban J connectivity index is 2.17. The fourth-order valence-corrected chi connectivity index (χ4v) is 1.51. The van der Waals surface area contributed by atoms with Gasteiger partial charge in [-0.25, -0.2) is 9.97 Å². The van der Waals surface area contributed by atoms with Gasteiger partial charge in [0, 0.05) is 18.5 Å². The van der Waals surface area contributed by atoms with Crippen molar-refractivity contribution in [2.75, 3.05) is 0 Å². The third-order valence-corrected chi connectivity index (χ3v) is 2.65. The Bertz CT molecular complexity index is 497. The maximum absolute atomic E-state index is 5.89. The van der Waals surface area contributed by atoms with Gasteiger partial charge in [0.25, 0.3) is 0 Å². The number of hydrogen-bond donors (Lipinski definition) is 0. The van der Waals surface area contributed by atoms with Gasteiger partial charge in [0.05, 0.1) is 0 Å². The molecule has 17 heavy (non-hydrogen) atoms. The van der Waals surface area contributed by atoms with Crippen LogP contribution < -0.4 is 4.74 Å². The highest BCUT2D eigenvalue weighted by molar-refractivity contribution is 6.30. The van der Waals surface area contributed by atoms with Crippen molar-refractivity contribution in [1.29, 1.82) is 0 Å². The molecule has 2 rings (SSSR count). The van der Waals surface area contributed by atoms with E-state index in [1.54, 1.807) is 18.3 Å². The van der Waals surface area contributed by atoms with Crippen LogP contribution in [0.5, 0.6) is 11.6 Å². The topological polar surface area (TPSA) is 35.0 Å². The number of pyridine rings is 2. The van der Waals surface area contributed by atoms with E-state index >= 15 is 0 Å². The summed E-state index contributed by atoms with van der Waals surface area (Å²) in [7, 11) is 0. The summed E-state index contributed by atoms with van der Waals surface area (Å²) < 4.78 is 5.54. The van der Waals surface area contributed by atoms with Crippen LogP contribution in [0.3, 0.4) is 0 Å². The summed E-state index contributed by atoms with van der Waals surface area (Å²) in [6.07, 6.45) is 3.43. The van der Waals surface area contributed by atoms with Crippen LogP contribution >= 0.6 is 11.6 Å². The quantitative estimate of drug-likeness (QED) is 0.769. The Morgan fingerprint density at radius 3 is 2.59 bits per heavy atom. The minimum absolute atomic E-state index is 0.335. The summed E-state index contributed by atoms with van der Waals surface area (Å²) >= 11 is 5.89. The van der Waals surface area contributed by atoms with Gasteiger partial charge in [-0.05, 0) is 23.6 Å². The molecule has 3 nitrogen and oxygen atoms in total. The van der Waals surface area contributed by atoms with Crippen molar-refractivity contribution in [2.24, 2.45) is 0 Å². The summed E-state index contributed by atoms with van der Waals surface area (Å²) in [5.74, 6) is 1.49. The van der Waals surface area contributed by atoms with Crippen LogP contribution in [-0.2, 0) is 0 Å². The molecule has 0 aromatic carbocycles. The van der Waals surface area contributed by atoms with Gasteiger partial charge in [-0.1, -0.05) is 31.5 Å². The fourth-order valence-electron chi connectivity index (χ4n) is 1.35. The van der Waals surface area contributed by atoms with E-state index in [1.165, 1.54) is 5.56 Å². The molecule has 0 radical (unpaired) electrons. The zero-order valence-electron chi connectivity index (χ0n) is 9.72. The first-order valence-corrected chi connectivity index (χ1v) is 5.79. The van der Waals surface area contributed by atoms with E-state index in [0.717, 1.165) is 0 Å². The van der Waals surface area contributed by atoms with E-state index in [-0.39, 0.29) is 0 Å². The minimum atomic E-state index is 0.335. The average molecular weight is 249 g/mol. The fraction of sp³-hybridized carbons (Fsp3) is 0.231. The number of rotatable bonds is 3. The molecule has 0 aliphatic rings. The average Bonchev–Trinajstić information content (AvgIpc) is 2.33. The zero-order chi connectivity index (χ0) is 12.3. The highest BCUT2D eigenvalue weighted by atomic mass is 35.5. The van der Waals surface area contributed by atoms with Crippen LogP contribution in [-0.4, -0.2) is 9.97 Å². The Kier molecular flexibility index (Phi) is 3.59. The smallest absolute Gasteiger partial charge is 0.219 e. The maximum Gasteiger partial charge on any atom is 0.219 e. The second-order valence-electron chi connectivity index (χ2n) is 3.98. The number of ether oxygens (including phenoxy) is 1. The highest BCUT2D eigenvalue weighted by Gasteiger charge is 2.05.